The molecule has 2 amide bonds. The van der Waals surface area contributed by atoms with E-state index in [2.05, 4.69) is 20.3 Å². The standard InChI is InChI=1S/C24H26ClN7O4/c1-24(2)35-13-16(36-24)12-34-19-8-15(4-6-26-19)28-23(33)32-20-5-7-31(20)18-9-17(25)21(29-22(18)32)14-10-27-30(3)11-14/h4,6,8-11,16,20H,5,7,12-13H2,1-3H3,(H,26,28,33)/t16-,20-/m0/s1. The topological polar surface area (TPSA) is 107 Å². The van der Waals surface area contributed by atoms with Gasteiger partial charge in [0, 0.05) is 49.7 Å². The van der Waals surface area contributed by atoms with Gasteiger partial charge in [-0.2, -0.15) is 5.10 Å². The highest BCUT2D eigenvalue weighted by Crippen LogP contribution is 2.47. The normalized spacial score (nSPS) is 21.7. The molecular weight excluding hydrogens is 486 g/mol. The molecule has 0 aliphatic carbocycles. The van der Waals surface area contributed by atoms with Crippen LogP contribution in [-0.4, -0.2) is 63.6 Å². The van der Waals surface area contributed by atoms with E-state index in [1.54, 1.807) is 34.1 Å². The molecule has 6 heterocycles. The second-order valence-corrected chi connectivity index (χ2v) is 9.88. The zero-order valence-corrected chi connectivity index (χ0v) is 20.9. The Balaban J connectivity index is 1.20. The Kier molecular flexibility index (Phi) is 5.51. The third-order valence-electron chi connectivity index (χ3n) is 6.43. The van der Waals surface area contributed by atoms with Gasteiger partial charge in [0.05, 0.1) is 29.2 Å². The number of pyridine rings is 2. The summed E-state index contributed by atoms with van der Waals surface area (Å²) in [4.78, 5) is 26.3. The lowest BCUT2D eigenvalue weighted by atomic mass is 10.1. The van der Waals surface area contributed by atoms with E-state index in [0.29, 0.717) is 41.3 Å². The fourth-order valence-electron chi connectivity index (χ4n) is 4.67. The summed E-state index contributed by atoms with van der Waals surface area (Å²) < 4.78 is 18.8. The van der Waals surface area contributed by atoms with Gasteiger partial charge >= 0.3 is 6.03 Å². The number of aromatic nitrogens is 4. The number of ether oxygens (including phenoxy) is 3. The number of carbonyl (C=O) groups is 1. The number of hydrogen-bond acceptors (Lipinski definition) is 8. The number of hydrogen-bond donors (Lipinski definition) is 1. The summed E-state index contributed by atoms with van der Waals surface area (Å²) in [5.74, 6) is 0.343. The number of aryl methyl sites for hydroxylation is 1. The van der Waals surface area contributed by atoms with Crippen molar-refractivity contribution >= 4 is 34.8 Å². The van der Waals surface area contributed by atoms with Crippen LogP contribution in [0.4, 0.5) is 22.0 Å². The smallest absolute Gasteiger partial charge is 0.329 e. The van der Waals surface area contributed by atoms with E-state index in [4.69, 9.17) is 30.8 Å². The van der Waals surface area contributed by atoms with Gasteiger partial charge in [-0.1, -0.05) is 11.6 Å². The van der Waals surface area contributed by atoms with Gasteiger partial charge in [-0.15, -0.1) is 0 Å². The van der Waals surface area contributed by atoms with Crippen molar-refractivity contribution in [3.8, 4) is 17.1 Å². The number of amides is 2. The summed E-state index contributed by atoms with van der Waals surface area (Å²) in [7, 11) is 1.83. The third kappa shape index (κ3) is 4.12. The SMILES string of the molecule is Cn1cc(-c2nc3c(cc2Cl)N2CC[C@@H]2N3C(=O)Nc2ccnc(OC[C@H]3COC(C)(C)O3)c2)cn1. The monoisotopic (exact) mass is 511 g/mol. The summed E-state index contributed by atoms with van der Waals surface area (Å²) in [5, 5.41) is 7.70. The highest BCUT2D eigenvalue weighted by molar-refractivity contribution is 6.33. The van der Waals surface area contributed by atoms with Crippen LogP contribution in [0.15, 0.2) is 36.8 Å². The van der Waals surface area contributed by atoms with Gasteiger partial charge in [0.25, 0.3) is 0 Å². The molecule has 3 aromatic heterocycles. The number of urea groups is 1. The third-order valence-corrected chi connectivity index (χ3v) is 6.72. The molecule has 0 saturated carbocycles. The molecule has 0 aromatic carbocycles. The van der Waals surface area contributed by atoms with E-state index >= 15 is 0 Å². The lowest BCUT2D eigenvalue weighted by Crippen LogP contribution is -2.56. The number of rotatable bonds is 5. The largest absolute Gasteiger partial charge is 0.475 e. The number of nitrogens with one attached hydrogen (secondary N) is 1. The average Bonchev–Trinajstić information content (AvgIpc) is 3.45. The summed E-state index contributed by atoms with van der Waals surface area (Å²) in [5.41, 5.74) is 2.79. The predicted molar refractivity (Wildman–Crippen MR) is 133 cm³/mol. The maximum absolute atomic E-state index is 13.5. The molecule has 36 heavy (non-hydrogen) atoms. The molecule has 3 aliphatic rings. The fraction of sp³-hybridized carbons (Fsp3) is 0.417. The van der Waals surface area contributed by atoms with Crippen LogP contribution in [0.3, 0.4) is 0 Å². The van der Waals surface area contributed by atoms with Gasteiger partial charge in [0.15, 0.2) is 11.6 Å². The second kappa shape index (κ2) is 8.61. The van der Waals surface area contributed by atoms with Crippen LogP contribution in [0.2, 0.25) is 5.02 Å². The molecule has 11 nitrogen and oxygen atoms in total. The zero-order chi connectivity index (χ0) is 25.0. The van der Waals surface area contributed by atoms with Crippen molar-refractivity contribution < 1.29 is 19.0 Å². The summed E-state index contributed by atoms with van der Waals surface area (Å²) >= 11 is 6.57. The predicted octanol–water partition coefficient (Wildman–Crippen LogP) is 3.65. The van der Waals surface area contributed by atoms with Crippen LogP contribution in [-0.2, 0) is 16.5 Å². The molecule has 0 unspecified atom stereocenters. The van der Waals surface area contributed by atoms with Gasteiger partial charge in [-0.25, -0.2) is 14.8 Å². The minimum atomic E-state index is -0.617. The fourth-order valence-corrected chi connectivity index (χ4v) is 4.93. The van der Waals surface area contributed by atoms with E-state index in [0.717, 1.165) is 24.2 Å². The molecule has 0 bridgehead atoms. The number of carbonyl (C=O) groups excluding carboxylic acids is 1. The minimum Gasteiger partial charge on any atom is -0.475 e. The Bertz CT molecular complexity index is 1330. The number of nitrogens with zero attached hydrogens (tertiary/aromatic N) is 6. The highest BCUT2D eigenvalue weighted by Gasteiger charge is 2.46. The van der Waals surface area contributed by atoms with Crippen molar-refractivity contribution in [2.75, 3.05) is 34.9 Å². The first-order valence-electron chi connectivity index (χ1n) is 11.7. The van der Waals surface area contributed by atoms with Crippen LogP contribution in [0.5, 0.6) is 5.88 Å². The molecule has 0 radical (unpaired) electrons. The molecule has 6 rings (SSSR count). The first-order valence-corrected chi connectivity index (χ1v) is 12.1. The van der Waals surface area contributed by atoms with Crippen LogP contribution in [0.25, 0.3) is 11.3 Å². The Morgan fingerprint density at radius 1 is 1.36 bits per heavy atom. The van der Waals surface area contributed by atoms with Crippen LogP contribution in [0, 0.1) is 0 Å². The molecule has 2 saturated heterocycles. The summed E-state index contributed by atoms with van der Waals surface area (Å²) in [6.07, 6.45) is 5.70. The molecule has 3 aromatic rings. The lowest BCUT2D eigenvalue weighted by molar-refractivity contribution is -0.141. The Morgan fingerprint density at radius 3 is 2.92 bits per heavy atom. The maximum atomic E-state index is 13.5. The first kappa shape index (κ1) is 23.0. The van der Waals surface area contributed by atoms with Gasteiger partial charge < -0.3 is 24.4 Å². The van der Waals surface area contributed by atoms with Gasteiger partial charge in [-0.3, -0.25) is 9.58 Å². The zero-order valence-electron chi connectivity index (χ0n) is 20.1. The van der Waals surface area contributed by atoms with Crippen molar-refractivity contribution in [3.63, 3.8) is 0 Å². The molecule has 2 fully saturated rings. The Labute approximate surface area is 212 Å². The van der Waals surface area contributed by atoms with E-state index in [1.165, 1.54) is 0 Å². The number of anilines is 3. The molecule has 188 valence electrons. The van der Waals surface area contributed by atoms with Crippen molar-refractivity contribution in [1.82, 2.24) is 19.7 Å². The molecule has 3 aliphatic heterocycles. The van der Waals surface area contributed by atoms with E-state index < -0.39 is 5.79 Å². The number of fused-ring (bicyclic) bond motifs is 3. The maximum Gasteiger partial charge on any atom is 0.329 e. The first-order chi connectivity index (χ1) is 17.3. The highest BCUT2D eigenvalue weighted by atomic mass is 35.5. The average molecular weight is 512 g/mol. The van der Waals surface area contributed by atoms with Crippen LogP contribution < -0.4 is 19.9 Å². The summed E-state index contributed by atoms with van der Waals surface area (Å²) in [6.45, 7) is 5.32. The Morgan fingerprint density at radius 2 is 2.22 bits per heavy atom. The quantitative estimate of drug-likeness (QED) is 0.553. The van der Waals surface area contributed by atoms with Crippen molar-refractivity contribution in [3.05, 3.63) is 41.8 Å². The molecule has 2 atom stereocenters. The van der Waals surface area contributed by atoms with Gasteiger partial charge in [-0.05, 0) is 26.0 Å². The molecule has 1 N–H and O–H groups in total. The lowest BCUT2D eigenvalue weighted by Gasteiger charge is -2.39. The van der Waals surface area contributed by atoms with Crippen LogP contribution in [0.1, 0.15) is 20.3 Å². The van der Waals surface area contributed by atoms with Crippen molar-refractivity contribution in [2.45, 2.75) is 38.3 Å². The van der Waals surface area contributed by atoms with Crippen molar-refractivity contribution in [2.24, 2.45) is 7.05 Å². The van der Waals surface area contributed by atoms with Gasteiger partial charge in [0.1, 0.15) is 18.9 Å². The molecule has 0 spiro atoms. The molecular formula is C24H26ClN7O4. The Hall–Kier alpha value is -3.41. The van der Waals surface area contributed by atoms with E-state index in [1.807, 2.05) is 33.2 Å². The second-order valence-electron chi connectivity index (χ2n) is 9.47. The van der Waals surface area contributed by atoms with E-state index in [9.17, 15) is 4.79 Å². The summed E-state index contributed by atoms with van der Waals surface area (Å²) in [6, 6.07) is 4.99. The number of halogens is 1. The van der Waals surface area contributed by atoms with Crippen LogP contribution >= 0.6 is 11.6 Å². The minimum absolute atomic E-state index is 0.104. The van der Waals surface area contributed by atoms with E-state index in [-0.39, 0.29) is 18.3 Å². The van der Waals surface area contributed by atoms with Gasteiger partial charge in [0.2, 0.25) is 5.88 Å². The van der Waals surface area contributed by atoms with Crippen molar-refractivity contribution in [1.29, 1.82) is 0 Å². The molecule has 12 heteroatoms.